The van der Waals surface area contributed by atoms with Gasteiger partial charge in [-0.2, -0.15) is 0 Å². The van der Waals surface area contributed by atoms with Gasteiger partial charge in [0.25, 0.3) is 0 Å². The van der Waals surface area contributed by atoms with Gasteiger partial charge in [0.05, 0.1) is 5.56 Å². The lowest BCUT2D eigenvalue weighted by Crippen LogP contribution is -2.25. The summed E-state index contributed by atoms with van der Waals surface area (Å²) in [5.41, 5.74) is -0.884. The first kappa shape index (κ1) is 17.1. The number of carbonyl (C=O) groups is 2. The summed E-state index contributed by atoms with van der Waals surface area (Å²) in [7, 11) is 0. The van der Waals surface area contributed by atoms with Crippen LogP contribution in [0.2, 0.25) is 0 Å². The Balaban J connectivity index is 2.98. The molecule has 1 rings (SSSR count). The first-order valence-electron chi connectivity index (χ1n) is 7.11. The van der Waals surface area contributed by atoms with Gasteiger partial charge in [-0.15, -0.1) is 0 Å². The van der Waals surface area contributed by atoms with E-state index in [0.717, 1.165) is 18.9 Å². The van der Waals surface area contributed by atoms with Gasteiger partial charge >= 0.3 is 11.9 Å². The molecule has 116 valence electrons. The molecule has 0 amide bonds. The summed E-state index contributed by atoms with van der Waals surface area (Å²) in [4.78, 5) is 23.2. The van der Waals surface area contributed by atoms with Crippen LogP contribution in [0.15, 0.2) is 18.2 Å². The quantitative estimate of drug-likeness (QED) is 0.775. The van der Waals surface area contributed by atoms with Gasteiger partial charge in [-0.25, -0.2) is 14.0 Å². The maximum atomic E-state index is 13.6. The summed E-state index contributed by atoms with van der Waals surface area (Å²) in [6.07, 6.45) is 2.28. The molecule has 1 N–H and O–H groups in total. The van der Waals surface area contributed by atoms with Crippen LogP contribution >= 0.6 is 0 Å². The van der Waals surface area contributed by atoms with Crippen LogP contribution in [0, 0.1) is 11.7 Å². The van der Waals surface area contributed by atoms with Crippen LogP contribution in [0.5, 0.6) is 0 Å². The highest BCUT2D eigenvalue weighted by molar-refractivity contribution is 6.02. The zero-order valence-electron chi connectivity index (χ0n) is 12.6. The van der Waals surface area contributed by atoms with Gasteiger partial charge in [0.2, 0.25) is 0 Å². The van der Waals surface area contributed by atoms with Crippen LogP contribution in [0.4, 0.5) is 4.39 Å². The van der Waals surface area contributed by atoms with Crippen molar-refractivity contribution >= 4 is 11.9 Å². The summed E-state index contributed by atoms with van der Waals surface area (Å²) >= 11 is 0. The average Bonchev–Trinajstić information content (AvgIpc) is 2.42. The Hall–Kier alpha value is -1.91. The number of ether oxygens (including phenoxy) is 1. The molecule has 0 saturated carbocycles. The number of aromatic carboxylic acids is 1. The van der Waals surface area contributed by atoms with Gasteiger partial charge < -0.3 is 9.84 Å². The summed E-state index contributed by atoms with van der Waals surface area (Å²) < 4.78 is 18.9. The zero-order chi connectivity index (χ0) is 16.0. The van der Waals surface area contributed by atoms with Crippen molar-refractivity contribution in [2.75, 3.05) is 0 Å². The molecule has 21 heavy (non-hydrogen) atoms. The molecule has 1 atom stereocenters. The Morgan fingerprint density at radius 1 is 1.33 bits per heavy atom. The molecule has 1 unspecified atom stereocenters. The molecule has 1 aromatic rings. The number of hydrogen-bond donors (Lipinski definition) is 1. The molecule has 0 radical (unpaired) electrons. The van der Waals surface area contributed by atoms with Gasteiger partial charge in [0.15, 0.2) is 0 Å². The van der Waals surface area contributed by atoms with Crippen molar-refractivity contribution in [2.45, 2.75) is 46.1 Å². The molecular formula is C16H21FO4. The molecular weight excluding hydrogens is 275 g/mol. The Morgan fingerprint density at radius 3 is 2.52 bits per heavy atom. The largest absolute Gasteiger partial charge is 0.478 e. The number of carboxylic acid groups (broad SMARTS) is 1. The number of unbranched alkanes of at least 4 members (excludes halogenated alkanes) is 1. The van der Waals surface area contributed by atoms with Crippen LogP contribution in [0.1, 0.15) is 60.7 Å². The van der Waals surface area contributed by atoms with E-state index in [-0.39, 0.29) is 17.6 Å². The Kier molecular flexibility index (Phi) is 6.34. The van der Waals surface area contributed by atoms with E-state index >= 15 is 0 Å². The standard InChI is InChI=1S/C16H21FO4/c1-4-5-9-13(10(2)3)21-16(20)11-7-6-8-12(17)14(11)15(18)19/h6-8,10,13H,4-5,9H2,1-3H3,(H,18,19). The Morgan fingerprint density at radius 2 is 2.00 bits per heavy atom. The maximum Gasteiger partial charge on any atom is 0.339 e. The fourth-order valence-electron chi connectivity index (χ4n) is 2.05. The lowest BCUT2D eigenvalue weighted by atomic mass is 10.0. The lowest BCUT2D eigenvalue weighted by Gasteiger charge is -2.21. The number of carboxylic acids is 1. The molecule has 0 aliphatic rings. The molecule has 0 saturated heterocycles. The van der Waals surface area contributed by atoms with Gasteiger partial charge in [-0.05, 0) is 24.5 Å². The van der Waals surface area contributed by atoms with Crippen LogP contribution in [-0.4, -0.2) is 23.1 Å². The third-order valence-electron chi connectivity index (χ3n) is 3.29. The number of rotatable bonds is 7. The second-order valence-corrected chi connectivity index (χ2v) is 5.30. The predicted octanol–water partition coefficient (Wildman–Crippen LogP) is 3.90. The smallest absolute Gasteiger partial charge is 0.339 e. The number of carbonyl (C=O) groups excluding carboxylic acids is 1. The summed E-state index contributed by atoms with van der Waals surface area (Å²) in [6, 6.07) is 3.58. The minimum atomic E-state index is -1.48. The fourth-order valence-corrected chi connectivity index (χ4v) is 2.05. The van der Waals surface area contributed by atoms with Crippen molar-refractivity contribution < 1.29 is 23.8 Å². The topological polar surface area (TPSA) is 63.6 Å². The number of benzene rings is 1. The van der Waals surface area contributed by atoms with Crippen LogP contribution in [0.3, 0.4) is 0 Å². The van der Waals surface area contributed by atoms with Gasteiger partial charge in [0.1, 0.15) is 17.5 Å². The highest BCUT2D eigenvalue weighted by Crippen LogP contribution is 2.20. The number of halogens is 1. The van der Waals surface area contributed by atoms with Crippen LogP contribution in [-0.2, 0) is 4.74 Å². The summed E-state index contributed by atoms with van der Waals surface area (Å²) in [6.45, 7) is 5.89. The summed E-state index contributed by atoms with van der Waals surface area (Å²) in [5.74, 6) is -3.09. The third kappa shape index (κ3) is 4.55. The predicted molar refractivity (Wildman–Crippen MR) is 76.9 cm³/mol. The first-order valence-corrected chi connectivity index (χ1v) is 7.11. The van der Waals surface area contributed by atoms with E-state index in [2.05, 4.69) is 0 Å². The van der Waals surface area contributed by atoms with Crippen molar-refractivity contribution in [3.05, 3.63) is 35.1 Å². The molecule has 0 bridgehead atoms. The van der Waals surface area contributed by atoms with E-state index in [4.69, 9.17) is 9.84 Å². The highest BCUT2D eigenvalue weighted by Gasteiger charge is 2.25. The molecule has 0 aliphatic carbocycles. The molecule has 4 nitrogen and oxygen atoms in total. The Bertz CT molecular complexity index is 511. The fraction of sp³-hybridized carbons (Fsp3) is 0.500. The number of esters is 1. The SMILES string of the molecule is CCCCC(OC(=O)c1cccc(F)c1C(=O)O)C(C)C. The van der Waals surface area contributed by atoms with E-state index < -0.39 is 23.3 Å². The molecule has 0 aromatic heterocycles. The molecule has 1 aromatic carbocycles. The van der Waals surface area contributed by atoms with Crippen LogP contribution < -0.4 is 0 Å². The van der Waals surface area contributed by atoms with E-state index in [1.54, 1.807) is 0 Å². The van der Waals surface area contributed by atoms with E-state index in [1.807, 2.05) is 20.8 Å². The van der Waals surface area contributed by atoms with E-state index in [0.29, 0.717) is 6.42 Å². The molecule has 0 fully saturated rings. The number of hydrogen-bond acceptors (Lipinski definition) is 3. The normalized spacial score (nSPS) is 12.2. The first-order chi connectivity index (χ1) is 9.88. The third-order valence-corrected chi connectivity index (χ3v) is 3.29. The Labute approximate surface area is 123 Å². The molecule has 0 aliphatic heterocycles. The maximum absolute atomic E-state index is 13.6. The lowest BCUT2D eigenvalue weighted by molar-refractivity contribution is 0.0148. The zero-order valence-corrected chi connectivity index (χ0v) is 12.6. The van der Waals surface area contributed by atoms with Crippen molar-refractivity contribution in [3.8, 4) is 0 Å². The van der Waals surface area contributed by atoms with Crippen molar-refractivity contribution in [1.82, 2.24) is 0 Å². The van der Waals surface area contributed by atoms with Gasteiger partial charge in [-0.1, -0.05) is 39.7 Å². The second-order valence-electron chi connectivity index (χ2n) is 5.30. The van der Waals surface area contributed by atoms with Gasteiger partial charge in [-0.3, -0.25) is 0 Å². The van der Waals surface area contributed by atoms with Crippen molar-refractivity contribution in [2.24, 2.45) is 5.92 Å². The second kappa shape index (κ2) is 7.76. The molecule has 0 heterocycles. The highest BCUT2D eigenvalue weighted by atomic mass is 19.1. The van der Waals surface area contributed by atoms with Crippen molar-refractivity contribution in [3.63, 3.8) is 0 Å². The van der Waals surface area contributed by atoms with Gasteiger partial charge in [0, 0.05) is 0 Å². The minimum Gasteiger partial charge on any atom is -0.478 e. The molecule has 0 spiro atoms. The average molecular weight is 296 g/mol. The summed E-state index contributed by atoms with van der Waals surface area (Å²) in [5, 5.41) is 9.03. The van der Waals surface area contributed by atoms with Crippen molar-refractivity contribution in [1.29, 1.82) is 0 Å². The van der Waals surface area contributed by atoms with E-state index in [1.165, 1.54) is 12.1 Å². The molecule has 5 heteroatoms. The minimum absolute atomic E-state index is 0.113. The van der Waals surface area contributed by atoms with E-state index in [9.17, 15) is 14.0 Å². The van der Waals surface area contributed by atoms with Crippen LogP contribution in [0.25, 0.3) is 0 Å². The monoisotopic (exact) mass is 296 g/mol.